The summed E-state index contributed by atoms with van der Waals surface area (Å²) in [5.74, 6) is -4.59. The Morgan fingerprint density at radius 3 is 1.23 bits per heavy atom. The lowest BCUT2D eigenvalue weighted by atomic mass is 9.92. The predicted molar refractivity (Wildman–Crippen MR) is 407 cm³/mol. The van der Waals surface area contributed by atoms with Gasteiger partial charge in [0.25, 0.3) is 0 Å². The Balaban J connectivity index is 6.60. The number of unbranched alkanes of at least 4 members (excludes halogenated alkanes) is 11. The van der Waals surface area contributed by atoms with E-state index in [9.17, 15) is 71.9 Å². The van der Waals surface area contributed by atoms with Gasteiger partial charge in [0.05, 0.1) is 31.3 Å². The summed E-state index contributed by atoms with van der Waals surface area (Å²) in [6, 6.07) is -5.93. The highest BCUT2D eigenvalue weighted by Gasteiger charge is 2.30. The van der Waals surface area contributed by atoms with Crippen molar-refractivity contribution in [3.63, 3.8) is 0 Å². The first-order valence-electron chi connectivity index (χ1n) is 39.7. The number of Topliss-reactive ketones (excluding diaryl/α,β-unsaturated/α-hetero) is 7. The van der Waals surface area contributed by atoms with Crippen LogP contribution in [0.2, 0.25) is 0 Å². The maximum atomic E-state index is 14.5. The molecule has 29 nitrogen and oxygen atoms in total. The maximum Gasteiger partial charge on any atom is 0.243 e. The summed E-state index contributed by atoms with van der Waals surface area (Å²) in [7, 11) is 0. The topological polar surface area (TPSA) is 475 Å². The molecule has 0 aromatic rings. The highest BCUT2D eigenvalue weighted by Crippen LogP contribution is 2.19. The Bertz CT molecular complexity index is 2600. The molecule has 0 heterocycles. The number of nitrogens with two attached hydrogens (primary N) is 4. The predicted octanol–water partition coefficient (Wildman–Crippen LogP) is 5.30. The van der Waals surface area contributed by atoms with Crippen LogP contribution in [0.1, 0.15) is 291 Å². The number of ether oxygens (including phenoxy) is 2. The number of nitrogens with one attached hydrogen (secondary N) is 8. The van der Waals surface area contributed by atoms with Gasteiger partial charge in [-0.25, -0.2) is 0 Å². The van der Waals surface area contributed by atoms with Crippen molar-refractivity contribution >= 4 is 87.7 Å². The lowest BCUT2D eigenvalue weighted by molar-refractivity contribution is -0.133. The van der Waals surface area contributed by atoms with Crippen LogP contribution in [-0.4, -0.2) is 190 Å². The second-order valence-corrected chi connectivity index (χ2v) is 28.2. The summed E-state index contributed by atoms with van der Waals surface area (Å²) < 4.78 is 11.0. The summed E-state index contributed by atoms with van der Waals surface area (Å²) in [5.41, 5.74) is 24.1. The van der Waals surface area contributed by atoms with Crippen LogP contribution in [0.15, 0.2) is 0 Å². The van der Waals surface area contributed by atoms with Crippen LogP contribution >= 0.6 is 0 Å². The second kappa shape index (κ2) is 65.3. The van der Waals surface area contributed by atoms with Crippen molar-refractivity contribution < 1.29 is 81.4 Å². The Labute approximate surface area is 631 Å². The molecule has 0 saturated carbocycles. The van der Waals surface area contributed by atoms with Crippen LogP contribution < -0.4 is 65.5 Å². The van der Waals surface area contributed by atoms with E-state index in [1.807, 2.05) is 6.92 Å². The Morgan fingerprint density at radius 1 is 0.302 bits per heavy atom. The molecule has 29 heteroatoms. The summed E-state index contributed by atoms with van der Waals surface area (Å²) in [6.07, 6.45) is 15.5. The molecule has 8 amide bonds. The maximum absolute atomic E-state index is 14.5. The SMILES string of the molecule is CCOCCOCCCC(=O)C(CCCCNC(=O)C(CCCCNC(=O)C(CCCCN)NC(=O)CCCCC(C)=O)NC(=O)C(CCCCN)CC(=O)CCCCC(C)=O)NC(=O)C(CCCCNC(=O)C(N)CCCCCC(=O)CCCCC(C)=O)NC(=O)C(N)CCCCNC(=O)CCC(C)=O. The first kappa shape index (κ1) is 99.2. The third kappa shape index (κ3) is 56.5. The van der Waals surface area contributed by atoms with E-state index in [2.05, 4.69) is 42.5 Å². The zero-order valence-corrected chi connectivity index (χ0v) is 65.1. The van der Waals surface area contributed by atoms with Gasteiger partial charge in [-0.3, -0.25) is 52.7 Å². The van der Waals surface area contributed by atoms with E-state index in [4.69, 9.17) is 32.4 Å². The van der Waals surface area contributed by atoms with Crippen molar-refractivity contribution in [3.8, 4) is 0 Å². The Hall–Kier alpha value is -6.79. The largest absolute Gasteiger partial charge is 0.379 e. The molecular formula is C77H138N12O17. The van der Waals surface area contributed by atoms with Gasteiger partial charge in [-0.1, -0.05) is 19.3 Å². The van der Waals surface area contributed by atoms with Crippen LogP contribution in [0, 0.1) is 5.92 Å². The van der Waals surface area contributed by atoms with Crippen molar-refractivity contribution in [1.82, 2.24) is 42.5 Å². The van der Waals surface area contributed by atoms with E-state index in [1.165, 1.54) is 27.7 Å². The molecule has 0 spiro atoms. The smallest absolute Gasteiger partial charge is 0.243 e. The molecule has 0 aliphatic carbocycles. The molecule has 608 valence electrons. The first-order valence-corrected chi connectivity index (χ1v) is 39.7. The average Bonchev–Trinajstić information content (AvgIpc) is 0.885. The molecule has 16 N–H and O–H groups in total. The van der Waals surface area contributed by atoms with Gasteiger partial charge >= 0.3 is 0 Å². The molecule has 0 aromatic carbocycles. The van der Waals surface area contributed by atoms with E-state index >= 15 is 0 Å². The monoisotopic (exact) mass is 1500 g/mol. The van der Waals surface area contributed by atoms with Gasteiger partial charge in [0, 0.05) is 116 Å². The van der Waals surface area contributed by atoms with Crippen molar-refractivity contribution in [2.75, 3.05) is 65.7 Å². The third-order valence-corrected chi connectivity index (χ3v) is 18.1. The van der Waals surface area contributed by atoms with Gasteiger partial charge in [0.2, 0.25) is 47.3 Å². The first-order chi connectivity index (χ1) is 50.7. The minimum atomic E-state index is -1.17. The van der Waals surface area contributed by atoms with Crippen LogP contribution in [0.25, 0.3) is 0 Å². The van der Waals surface area contributed by atoms with Crippen LogP contribution in [0.3, 0.4) is 0 Å². The number of hydrogen-bond donors (Lipinski definition) is 12. The number of carbonyl (C=O) groups is 15. The van der Waals surface area contributed by atoms with E-state index in [0.29, 0.717) is 226 Å². The molecule has 0 bridgehead atoms. The number of ketones is 7. The zero-order valence-electron chi connectivity index (χ0n) is 65.1. The summed E-state index contributed by atoms with van der Waals surface area (Å²) in [6.45, 7) is 10.8. The molecule has 0 aliphatic heterocycles. The molecule has 7 unspecified atom stereocenters. The molecule has 106 heavy (non-hydrogen) atoms. The zero-order chi connectivity index (χ0) is 79.1. The van der Waals surface area contributed by atoms with Crippen molar-refractivity contribution in [3.05, 3.63) is 0 Å². The van der Waals surface area contributed by atoms with E-state index in [0.717, 1.165) is 6.42 Å². The van der Waals surface area contributed by atoms with E-state index in [1.54, 1.807) is 0 Å². The van der Waals surface area contributed by atoms with Crippen molar-refractivity contribution in [1.29, 1.82) is 0 Å². The summed E-state index contributed by atoms with van der Waals surface area (Å²) >= 11 is 0. The molecule has 0 rings (SSSR count). The molecule has 0 radical (unpaired) electrons. The molecular weight excluding hydrogens is 1360 g/mol. The van der Waals surface area contributed by atoms with Crippen molar-refractivity contribution in [2.24, 2.45) is 28.9 Å². The fourth-order valence-electron chi connectivity index (χ4n) is 11.7. The second-order valence-electron chi connectivity index (χ2n) is 28.2. The lowest BCUT2D eigenvalue weighted by Gasteiger charge is -2.24. The summed E-state index contributed by atoms with van der Waals surface area (Å²) in [4.78, 5) is 194. The normalized spacial score (nSPS) is 13.1. The number of hydrogen-bond acceptors (Lipinski definition) is 21. The molecule has 0 saturated heterocycles. The van der Waals surface area contributed by atoms with E-state index in [-0.39, 0.29) is 155 Å². The lowest BCUT2D eigenvalue weighted by Crippen LogP contribution is -2.54. The van der Waals surface area contributed by atoms with Gasteiger partial charge in [-0.2, -0.15) is 0 Å². The standard InChI is InChI=1S/C77H138N12O17/c1-6-105-53-54-106-52-28-42-69(96)65(87-77(104)68(89-74(101)64(81)37-18-24-48-82-70(97)45-44-59(5)93)41-21-26-49-83-73(100)63(80)36-9-7-8-33-61(94)34-13-10-29-56(2)90)38-19-25-50-85-76(103)67(88-72(99)60(32-16-22-46-78)55-62(95)35-14-11-30-57(3)91)40-20-27-51-84-75(102)66(39-17-23-47-79)86-71(98)43-15-12-31-58(4)92/h60,63-68H,6-55,78-81H2,1-5H3,(H,82,97)(H,83,100)(H,84,102)(H,85,103)(H,86,98)(H,87,104)(H,88,99)(H,89,101). The van der Waals surface area contributed by atoms with Crippen LogP contribution in [0.4, 0.5) is 0 Å². The Kier molecular flexibility index (Phi) is 61.1. The number of carbonyl (C=O) groups excluding carboxylic acids is 15. The number of rotatable bonds is 73. The van der Waals surface area contributed by atoms with Gasteiger partial charge in [-0.05, 0) is 215 Å². The third-order valence-electron chi connectivity index (χ3n) is 18.1. The quantitative estimate of drug-likeness (QED) is 0.0344. The minimum absolute atomic E-state index is 0.0171. The summed E-state index contributed by atoms with van der Waals surface area (Å²) in [5, 5.41) is 22.9. The van der Waals surface area contributed by atoms with E-state index < -0.39 is 65.8 Å². The van der Waals surface area contributed by atoms with Crippen molar-refractivity contribution in [2.45, 2.75) is 328 Å². The highest BCUT2D eigenvalue weighted by molar-refractivity contribution is 5.94. The van der Waals surface area contributed by atoms with Gasteiger partial charge < -0.3 is 94.1 Å². The Morgan fingerprint density at radius 2 is 0.698 bits per heavy atom. The minimum Gasteiger partial charge on any atom is -0.379 e. The average molecular weight is 1500 g/mol. The molecule has 0 fully saturated rings. The van der Waals surface area contributed by atoms with Gasteiger partial charge in [-0.15, -0.1) is 0 Å². The van der Waals surface area contributed by atoms with Gasteiger partial charge in [0.15, 0.2) is 5.78 Å². The fraction of sp³-hybridized carbons (Fsp3) is 0.805. The number of amides is 8. The van der Waals surface area contributed by atoms with Gasteiger partial charge in [0.1, 0.15) is 52.8 Å². The highest BCUT2D eigenvalue weighted by atomic mass is 16.5. The van der Waals surface area contributed by atoms with Crippen LogP contribution in [0.5, 0.6) is 0 Å². The molecule has 7 atom stereocenters. The van der Waals surface area contributed by atoms with Crippen LogP contribution in [-0.2, 0) is 81.4 Å². The molecule has 0 aromatic heterocycles. The molecule has 0 aliphatic rings. The fourth-order valence-corrected chi connectivity index (χ4v) is 11.7.